The number of carbonyl (C=O) groups excluding carboxylic acids is 2. The van der Waals surface area contributed by atoms with Crippen molar-refractivity contribution in [3.63, 3.8) is 0 Å². The minimum absolute atomic E-state index is 0.0448. The summed E-state index contributed by atoms with van der Waals surface area (Å²) in [6.07, 6.45) is 0.241. The van der Waals surface area contributed by atoms with Crippen LogP contribution in [0, 0.1) is 0 Å². The molecule has 130 valence electrons. The molecule has 0 aliphatic carbocycles. The Morgan fingerprint density at radius 3 is 2.24 bits per heavy atom. The minimum Gasteiger partial charge on any atom is -0.350 e. The van der Waals surface area contributed by atoms with Crippen LogP contribution in [0.15, 0.2) is 60.7 Å². The summed E-state index contributed by atoms with van der Waals surface area (Å²) in [7, 11) is -1.21. The van der Waals surface area contributed by atoms with Crippen LogP contribution >= 0.6 is 0 Å². The van der Waals surface area contributed by atoms with Gasteiger partial charge in [0.15, 0.2) is 0 Å². The first kappa shape index (κ1) is 17.4. The van der Waals surface area contributed by atoms with Gasteiger partial charge in [-0.3, -0.25) is 13.8 Å². The molecule has 6 heteroatoms. The fourth-order valence-electron chi connectivity index (χ4n) is 2.69. The van der Waals surface area contributed by atoms with Gasteiger partial charge in [0.25, 0.3) is 0 Å². The standard InChI is InChI=1S/C19H20N2O3S/c22-17(20-12-15-7-3-1-4-8-15)13-21-18(23)11-19(21)25(24)14-16-9-5-2-6-10-16/h1-10,19H,11-14H2,(H,20,22). The van der Waals surface area contributed by atoms with E-state index in [1.165, 1.54) is 4.90 Å². The van der Waals surface area contributed by atoms with E-state index in [4.69, 9.17) is 0 Å². The summed E-state index contributed by atoms with van der Waals surface area (Å²) in [5.41, 5.74) is 1.96. The molecule has 1 aliphatic heterocycles. The van der Waals surface area contributed by atoms with Gasteiger partial charge in [-0.25, -0.2) is 0 Å². The summed E-state index contributed by atoms with van der Waals surface area (Å²) in [6, 6.07) is 19.1. The minimum atomic E-state index is -1.21. The Hall–Kier alpha value is -2.47. The third-order valence-electron chi connectivity index (χ3n) is 4.12. The van der Waals surface area contributed by atoms with Crippen molar-refractivity contribution in [1.82, 2.24) is 10.2 Å². The molecule has 2 aromatic rings. The van der Waals surface area contributed by atoms with E-state index < -0.39 is 10.8 Å². The summed E-state index contributed by atoms with van der Waals surface area (Å²) in [5, 5.41) is 2.42. The number of nitrogens with zero attached hydrogens (tertiary/aromatic N) is 1. The van der Waals surface area contributed by atoms with Gasteiger partial charge < -0.3 is 10.2 Å². The molecule has 0 radical (unpaired) electrons. The molecular weight excluding hydrogens is 336 g/mol. The van der Waals surface area contributed by atoms with Crippen LogP contribution in [-0.4, -0.2) is 32.8 Å². The van der Waals surface area contributed by atoms with Crippen molar-refractivity contribution < 1.29 is 13.8 Å². The number of benzene rings is 2. The van der Waals surface area contributed by atoms with Crippen LogP contribution in [0.4, 0.5) is 0 Å². The molecular formula is C19H20N2O3S. The smallest absolute Gasteiger partial charge is 0.239 e. The molecule has 1 saturated heterocycles. The van der Waals surface area contributed by atoms with E-state index in [0.717, 1.165) is 11.1 Å². The molecule has 2 unspecified atom stereocenters. The first-order valence-corrected chi connectivity index (χ1v) is 9.53. The average molecular weight is 356 g/mol. The number of β-lactam (4-membered cyclic amide) rings is 1. The fraction of sp³-hybridized carbons (Fsp3) is 0.263. The van der Waals surface area contributed by atoms with Crippen molar-refractivity contribution in [3.8, 4) is 0 Å². The zero-order valence-corrected chi connectivity index (χ0v) is 14.6. The van der Waals surface area contributed by atoms with Crippen LogP contribution in [0.5, 0.6) is 0 Å². The van der Waals surface area contributed by atoms with Crippen molar-refractivity contribution in [3.05, 3.63) is 71.8 Å². The van der Waals surface area contributed by atoms with Crippen LogP contribution < -0.4 is 5.32 Å². The Morgan fingerprint density at radius 1 is 1.04 bits per heavy atom. The lowest BCUT2D eigenvalue weighted by Gasteiger charge is -2.39. The number of carbonyl (C=O) groups is 2. The van der Waals surface area contributed by atoms with Gasteiger partial charge in [-0.05, 0) is 11.1 Å². The molecule has 3 rings (SSSR count). The summed E-state index contributed by atoms with van der Waals surface area (Å²) in [5.74, 6) is 0.0286. The molecule has 5 nitrogen and oxygen atoms in total. The number of rotatable bonds is 7. The Labute approximate surface area is 149 Å². The van der Waals surface area contributed by atoms with Gasteiger partial charge in [-0.2, -0.15) is 0 Å². The number of amides is 2. The van der Waals surface area contributed by atoms with E-state index in [9.17, 15) is 13.8 Å². The van der Waals surface area contributed by atoms with Crippen LogP contribution in [-0.2, 0) is 32.7 Å². The maximum Gasteiger partial charge on any atom is 0.239 e. The Kier molecular flexibility index (Phi) is 5.60. The van der Waals surface area contributed by atoms with Gasteiger partial charge >= 0.3 is 0 Å². The van der Waals surface area contributed by atoms with Gasteiger partial charge in [0, 0.05) is 17.3 Å². The van der Waals surface area contributed by atoms with Crippen LogP contribution in [0.25, 0.3) is 0 Å². The van der Waals surface area contributed by atoms with Gasteiger partial charge in [0.05, 0.1) is 12.2 Å². The SMILES string of the molecule is O=C(CN1C(=O)CC1S(=O)Cc1ccccc1)NCc1ccccc1. The number of nitrogens with one attached hydrogen (secondary N) is 1. The molecule has 25 heavy (non-hydrogen) atoms. The van der Waals surface area contributed by atoms with E-state index in [0.29, 0.717) is 12.3 Å². The van der Waals surface area contributed by atoms with E-state index in [1.54, 1.807) is 0 Å². The van der Waals surface area contributed by atoms with Crippen molar-refractivity contribution in [2.24, 2.45) is 0 Å². The first-order valence-electron chi connectivity index (χ1n) is 8.14. The van der Waals surface area contributed by atoms with Gasteiger partial charge in [-0.1, -0.05) is 60.7 Å². The van der Waals surface area contributed by atoms with Crippen molar-refractivity contribution >= 4 is 22.6 Å². The van der Waals surface area contributed by atoms with Crippen LogP contribution in [0.1, 0.15) is 17.5 Å². The van der Waals surface area contributed by atoms with E-state index in [1.807, 2.05) is 60.7 Å². The molecule has 2 atom stereocenters. The highest BCUT2D eigenvalue weighted by Gasteiger charge is 2.40. The van der Waals surface area contributed by atoms with Gasteiger partial charge in [0.2, 0.25) is 11.8 Å². The van der Waals surface area contributed by atoms with E-state index >= 15 is 0 Å². The van der Waals surface area contributed by atoms with Crippen LogP contribution in [0.2, 0.25) is 0 Å². The predicted octanol–water partition coefficient (Wildman–Crippen LogP) is 1.81. The second kappa shape index (κ2) is 8.07. The lowest BCUT2D eigenvalue weighted by atomic mass is 10.2. The monoisotopic (exact) mass is 356 g/mol. The Bertz CT molecular complexity index is 765. The second-order valence-electron chi connectivity index (χ2n) is 5.95. The highest BCUT2D eigenvalue weighted by atomic mass is 32.2. The quantitative estimate of drug-likeness (QED) is 0.770. The summed E-state index contributed by atoms with van der Waals surface area (Å²) in [6.45, 7) is 0.371. The Balaban J connectivity index is 1.51. The molecule has 0 saturated carbocycles. The molecule has 2 aromatic carbocycles. The van der Waals surface area contributed by atoms with Gasteiger partial charge in [0.1, 0.15) is 11.9 Å². The summed E-state index contributed by atoms with van der Waals surface area (Å²) >= 11 is 0. The third kappa shape index (κ3) is 4.54. The highest BCUT2D eigenvalue weighted by molar-refractivity contribution is 7.85. The Morgan fingerprint density at radius 2 is 1.64 bits per heavy atom. The predicted molar refractivity (Wildman–Crippen MR) is 96.7 cm³/mol. The zero-order valence-electron chi connectivity index (χ0n) is 13.8. The van der Waals surface area contributed by atoms with Crippen molar-refractivity contribution in [2.45, 2.75) is 24.1 Å². The topological polar surface area (TPSA) is 66.5 Å². The van der Waals surface area contributed by atoms with Crippen LogP contribution in [0.3, 0.4) is 0 Å². The molecule has 0 aromatic heterocycles. The van der Waals surface area contributed by atoms with Crippen molar-refractivity contribution in [2.75, 3.05) is 6.54 Å². The maximum atomic E-state index is 12.5. The van der Waals surface area contributed by atoms with Crippen molar-refractivity contribution in [1.29, 1.82) is 0 Å². The lowest BCUT2D eigenvalue weighted by molar-refractivity contribution is -0.145. The average Bonchev–Trinajstić information content (AvgIpc) is 2.64. The maximum absolute atomic E-state index is 12.5. The molecule has 1 heterocycles. The lowest BCUT2D eigenvalue weighted by Crippen LogP contribution is -2.57. The normalized spacial score (nSPS) is 17.7. The molecule has 2 amide bonds. The molecule has 1 N–H and O–H groups in total. The number of hydrogen-bond acceptors (Lipinski definition) is 3. The second-order valence-corrected chi connectivity index (χ2v) is 7.55. The largest absolute Gasteiger partial charge is 0.350 e. The summed E-state index contributed by atoms with van der Waals surface area (Å²) in [4.78, 5) is 25.3. The fourth-order valence-corrected chi connectivity index (χ4v) is 4.21. The van der Waals surface area contributed by atoms with E-state index in [2.05, 4.69) is 5.32 Å². The first-order chi connectivity index (χ1) is 12.1. The number of likely N-dealkylation sites (tertiary alicyclic amines) is 1. The zero-order chi connectivity index (χ0) is 17.6. The molecule has 1 aliphatic rings. The highest BCUT2D eigenvalue weighted by Crippen LogP contribution is 2.24. The number of hydrogen-bond donors (Lipinski definition) is 1. The third-order valence-corrected chi connectivity index (χ3v) is 5.76. The van der Waals surface area contributed by atoms with E-state index in [-0.39, 0.29) is 30.2 Å². The molecule has 0 spiro atoms. The summed E-state index contributed by atoms with van der Waals surface area (Å²) < 4.78 is 12.5. The van der Waals surface area contributed by atoms with Gasteiger partial charge in [-0.15, -0.1) is 0 Å². The molecule has 1 fully saturated rings. The molecule has 0 bridgehead atoms.